The molecule has 0 amide bonds. The predicted molar refractivity (Wildman–Crippen MR) is 50.6 cm³/mol. The number of aliphatic hydroxyl groups excluding tert-OH is 2. The van der Waals surface area contributed by atoms with Crippen molar-refractivity contribution in [3.8, 4) is 0 Å². The molecule has 0 bridgehead atoms. The monoisotopic (exact) mass is 206 g/mol. The molecule has 4 heteroatoms. The topological polar surface area (TPSA) is 40.5 Å². The molecule has 0 saturated heterocycles. The van der Waals surface area contributed by atoms with Gasteiger partial charge in [-0.2, -0.15) is 0 Å². The van der Waals surface area contributed by atoms with Crippen LogP contribution < -0.4 is 0 Å². The molecule has 0 aliphatic rings. The first-order valence-electron chi connectivity index (χ1n) is 3.76. The Hall–Kier alpha value is -0.0900. The van der Waals surface area contributed by atoms with Crippen LogP contribution in [-0.2, 0) is 0 Å². The third kappa shape index (κ3) is 2.20. The third-order valence-electron chi connectivity index (χ3n) is 1.67. The van der Waals surface area contributed by atoms with E-state index in [1.165, 1.54) is 11.3 Å². The van der Waals surface area contributed by atoms with Gasteiger partial charge in [-0.15, -0.1) is 11.3 Å². The van der Waals surface area contributed by atoms with Crippen molar-refractivity contribution >= 4 is 22.9 Å². The second kappa shape index (κ2) is 4.23. The lowest BCUT2D eigenvalue weighted by Gasteiger charge is -2.13. The number of hydrogen-bond acceptors (Lipinski definition) is 3. The zero-order valence-electron chi connectivity index (χ0n) is 6.70. The molecule has 0 spiro atoms. The minimum atomic E-state index is -0.799. The molecule has 0 aliphatic carbocycles. The lowest BCUT2D eigenvalue weighted by atomic mass is 10.1. The highest BCUT2D eigenvalue weighted by Gasteiger charge is 2.17. The van der Waals surface area contributed by atoms with E-state index in [9.17, 15) is 10.2 Å². The SMILES string of the molecule is CCC(O)C(O)c1ccc(Cl)s1. The standard InChI is InChI=1S/C8H11ClO2S/c1-2-5(10)8(11)6-3-4-7(9)12-6/h3-5,8,10-11H,2H2,1H3. The van der Waals surface area contributed by atoms with E-state index in [0.29, 0.717) is 15.6 Å². The van der Waals surface area contributed by atoms with E-state index < -0.39 is 12.2 Å². The zero-order chi connectivity index (χ0) is 9.14. The number of thiophene rings is 1. The summed E-state index contributed by atoms with van der Waals surface area (Å²) in [4.78, 5) is 0.717. The molecule has 0 fully saturated rings. The average Bonchev–Trinajstić information content (AvgIpc) is 2.49. The minimum Gasteiger partial charge on any atom is -0.390 e. The highest BCUT2D eigenvalue weighted by Crippen LogP contribution is 2.29. The van der Waals surface area contributed by atoms with Crippen molar-refractivity contribution in [2.24, 2.45) is 0 Å². The van der Waals surface area contributed by atoms with Gasteiger partial charge >= 0.3 is 0 Å². The van der Waals surface area contributed by atoms with Gasteiger partial charge in [-0.05, 0) is 18.6 Å². The predicted octanol–water partition coefficient (Wildman–Crippen LogP) is 2.21. The summed E-state index contributed by atoms with van der Waals surface area (Å²) in [6.45, 7) is 1.82. The van der Waals surface area contributed by atoms with Gasteiger partial charge in [0.25, 0.3) is 0 Å². The highest BCUT2D eigenvalue weighted by molar-refractivity contribution is 7.16. The number of rotatable bonds is 3. The van der Waals surface area contributed by atoms with Crippen LogP contribution in [0.2, 0.25) is 4.34 Å². The fourth-order valence-electron chi connectivity index (χ4n) is 0.900. The third-order valence-corrected chi connectivity index (χ3v) is 2.97. The van der Waals surface area contributed by atoms with E-state index in [1.807, 2.05) is 6.92 Å². The molecule has 2 N–H and O–H groups in total. The van der Waals surface area contributed by atoms with Crippen LogP contribution in [0.1, 0.15) is 24.3 Å². The smallest absolute Gasteiger partial charge is 0.114 e. The number of halogens is 1. The molecule has 0 radical (unpaired) electrons. The molecular weight excluding hydrogens is 196 g/mol. The largest absolute Gasteiger partial charge is 0.390 e. The Balaban J connectivity index is 2.70. The molecule has 0 aromatic carbocycles. The summed E-state index contributed by atoms with van der Waals surface area (Å²) < 4.78 is 0.632. The summed E-state index contributed by atoms with van der Waals surface area (Å²) >= 11 is 6.97. The van der Waals surface area contributed by atoms with E-state index in [0.717, 1.165) is 0 Å². The molecule has 2 nitrogen and oxygen atoms in total. The van der Waals surface area contributed by atoms with E-state index in [1.54, 1.807) is 12.1 Å². The molecule has 1 aromatic rings. The quantitative estimate of drug-likeness (QED) is 0.796. The second-order valence-corrected chi connectivity index (χ2v) is 4.31. The Kier molecular flexibility index (Phi) is 3.53. The van der Waals surface area contributed by atoms with Crippen molar-refractivity contribution in [1.82, 2.24) is 0 Å². The van der Waals surface area contributed by atoms with E-state index in [-0.39, 0.29) is 0 Å². The van der Waals surface area contributed by atoms with Crippen LogP contribution >= 0.6 is 22.9 Å². The Bertz CT molecular complexity index is 249. The van der Waals surface area contributed by atoms with Crippen LogP contribution in [0.3, 0.4) is 0 Å². The van der Waals surface area contributed by atoms with Gasteiger partial charge in [0.1, 0.15) is 6.10 Å². The maximum absolute atomic E-state index is 9.50. The van der Waals surface area contributed by atoms with E-state index in [4.69, 9.17) is 11.6 Å². The molecule has 0 saturated carbocycles. The van der Waals surface area contributed by atoms with Crippen LogP contribution in [0.15, 0.2) is 12.1 Å². The van der Waals surface area contributed by atoms with Gasteiger partial charge in [0.2, 0.25) is 0 Å². The van der Waals surface area contributed by atoms with Crippen molar-refractivity contribution in [3.63, 3.8) is 0 Å². The molecule has 2 atom stereocenters. The molecule has 12 heavy (non-hydrogen) atoms. The first-order valence-corrected chi connectivity index (χ1v) is 4.96. The zero-order valence-corrected chi connectivity index (χ0v) is 8.27. The van der Waals surface area contributed by atoms with Gasteiger partial charge in [-0.1, -0.05) is 18.5 Å². The molecular formula is C8H11ClO2S. The first-order chi connectivity index (χ1) is 5.65. The molecule has 2 unspecified atom stereocenters. The normalized spacial score (nSPS) is 16.0. The molecule has 0 aliphatic heterocycles. The molecule has 1 aromatic heterocycles. The van der Waals surface area contributed by atoms with Crippen molar-refractivity contribution < 1.29 is 10.2 Å². The lowest BCUT2D eigenvalue weighted by molar-refractivity contribution is 0.0186. The fraction of sp³-hybridized carbons (Fsp3) is 0.500. The van der Waals surface area contributed by atoms with Crippen LogP contribution in [0.4, 0.5) is 0 Å². The summed E-state index contributed by atoms with van der Waals surface area (Å²) in [6, 6.07) is 3.45. The van der Waals surface area contributed by atoms with Crippen molar-refractivity contribution in [3.05, 3.63) is 21.3 Å². The molecule has 68 valence electrons. The molecule has 1 heterocycles. The maximum atomic E-state index is 9.50. The lowest BCUT2D eigenvalue weighted by Crippen LogP contribution is -2.15. The van der Waals surface area contributed by atoms with Gasteiger partial charge in [0.15, 0.2) is 0 Å². The van der Waals surface area contributed by atoms with E-state index in [2.05, 4.69) is 0 Å². The van der Waals surface area contributed by atoms with Gasteiger partial charge in [-0.3, -0.25) is 0 Å². The van der Waals surface area contributed by atoms with Crippen LogP contribution in [0.25, 0.3) is 0 Å². The highest BCUT2D eigenvalue weighted by atomic mass is 35.5. The summed E-state index contributed by atoms with van der Waals surface area (Å²) in [5, 5.41) is 18.8. The van der Waals surface area contributed by atoms with Gasteiger partial charge in [-0.25, -0.2) is 0 Å². The number of aliphatic hydroxyl groups is 2. The van der Waals surface area contributed by atoms with Gasteiger partial charge in [0.05, 0.1) is 10.4 Å². The summed E-state index contributed by atoms with van der Waals surface area (Å²) in [5.74, 6) is 0. The summed E-state index contributed by atoms with van der Waals surface area (Å²) in [5.41, 5.74) is 0. The summed E-state index contributed by atoms with van der Waals surface area (Å²) in [6.07, 6.45) is -0.955. The van der Waals surface area contributed by atoms with Crippen molar-refractivity contribution in [2.75, 3.05) is 0 Å². The van der Waals surface area contributed by atoms with Crippen LogP contribution in [0.5, 0.6) is 0 Å². The first kappa shape index (κ1) is 9.99. The average molecular weight is 207 g/mol. The van der Waals surface area contributed by atoms with Crippen molar-refractivity contribution in [1.29, 1.82) is 0 Å². The number of hydrogen-bond donors (Lipinski definition) is 2. The van der Waals surface area contributed by atoms with Crippen LogP contribution in [0, 0.1) is 0 Å². The van der Waals surface area contributed by atoms with Crippen LogP contribution in [-0.4, -0.2) is 16.3 Å². The maximum Gasteiger partial charge on any atom is 0.114 e. The Morgan fingerprint density at radius 2 is 2.17 bits per heavy atom. The Labute approximate surface area is 80.4 Å². The van der Waals surface area contributed by atoms with E-state index >= 15 is 0 Å². The van der Waals surface area contributed by atoms with Gasteiger partial charge in [0, 0.05) is 4.88 Å². The summed E-state index contributed by atoms with van der Waals surface area (Å²) in [7, 11) is 0. The Morgan fingerprint density at radius 1 is 1.50 bits per heavy atom. The fourth-order valence-corrected chi connectivity index (χ4v) is 2.01. The van der Waals surface area contributed by atoms with Crippen molar-refractivity contribution in [2.45, 2.75) is 25.6 Å². The molecule has 1 rings (SSSR count). The minimum absolute atomic E-state index is 0.538. The second-order valence-electron chi connectivity index (χ2n) is 2.56. The Morgan fingerprint density at radius 3 is 2.58 bits per heavy atom. The van der Waals surface area contributed by atoms with Gasteiger partial charge < -0.3 is 10.2 Å².